The number of aryl methyl sites for hydroxylation is 2. The predicted octanol–water partition coefficient (Wildman–Crippen LogP) is 2.99. The van der Waals surface area contributed by atoms with Crippen molar-refractivity contribution in [3.05, 3.63) is 47.5 Å². The second kappa shape index (κ2) is 7.78. The van der Waals surface area contributed by atoms with Crippen molar-refractivity contribution in [1.82, 2.24) is 14.7 Å². The Morgan fingerprint density at radius 3 is 2.64 bits per heavy atom. The molecule has 5 nitrogen and oxygen atoms in total. The van der Waals surface area contributed by atoms with Gasteiger partial charge in [-0.1, -0.05) is 12.1 Å². The van der Waals surface area contributed by atoms with Gasteiger partial charge in [0.1, 0.15) is 5.82 Å². The molecule has 3 rings (SSSR count). The standard InChI is InChI=1S/C19H25FN4O/c1-14-11-15(2)24(22-14)12-16-7-9-23(10-8-16)13-19(25)21-18-6-4-3-5-17(18)20/h3-6,11,16H,7-10,12-13H2,1-2H3,(H,21,25). The van der Waals surface area contributed by atoms with Crippen LogP contribution >= 0.6 is 0 Å². The van der Waals surface area contributed by atoms with E-state index in [4.69, 9.17) is 0 Å². The molecule has 134 valence electrons. The number of likely N-dealkylation sites (tertiary alicyclic amines) is 1. The third-order valence-electron chi connectivity index (χ3n) is 4.76. The summed E-state index contributed by atoms with van der Waals surface area (Å²) in [6.07, 6.45) is 2.09. The molecule has 1 fully saturated rings. The highest BCUT2D eigenvalue weighted by atomic mass is 19.1. The molecule has 0 radical (unpaired) electrons. The van der Waals surface area contributed by atoms with E-state index >= 15 is 0 Å². The van der Waals surface area contributed by atoms with Crippen LogP contribution in [0.15, 0.2) is 30.3 Å². The molecular formula is C19H25FN4O. The van der Waals surface area contributed by atoms with Crippen molar-refractivity contribution >= 4 is 11.6 Å². The molecule has 0 spiro atoms. The highest BCUT2D eigenvalue weighted by molar-refractivity contribution is 5.92. The van der Waals surface area contributed by atoms with Gasteiger partial charge < -0.3 is 5.32 Å². The molecule has 0 aliphatic carbocycles. The molecule has 0 saturated carbocycles. The zero-order valence-electron chi connectivity index (χ0n) is 14.8. The molecular weight excluding hydrogens is 319 g/mol. The van der Waals surface area contributed by atoms with Crippen molar-refractivity contribution in [3.63, 3.8) is 0 Å². The van der Waals surface area contributed by atoms with Gasteiger partial charge in [-0.2, -0.15) is 5.10 Å². The third kappa shape index (κ3) is 4.66. The van der Waals surface area contributed by atoms with Crippen LogP contribution in [0.1, 0.15) is 24.2 Å². The SMILES string of the molecule is Cc1cc(C)n(CC2CCN(CC(=O)Nc3ccccc3F)CC2)n1. The summed E-state index contributed by atoms with van der Waals surface area (Å²) in [5, 5.41) is 7.18. The molecule has 1 aromatic heterocycles. The number of piperidine rings is 1. The Morgan fingerprint density at radius 2 is 2.00 bits per heavy atom. The van der Waals surface area contributed by atoms with Crippen LogP contribution in [0.5, 0.6) is 0 Å². The molecule has 6 heteroatoms. The van der Waals surface area contributed by atoms with E-state index in [2.05, 4.69) is 33.0 Å². The largest absolute Gasteiger partial charge is 0.322 e. The minimum Gasteiger partial charge on any atom is -0.322 e. The highest BCUT2D eigenvalue weighted by Crippen LogP contribution is 2.20. The molecule has 1 aliphatic heterocycles. The Labute approximate surface area is 147 Å². The van der Waals surface area contributed by atoms with Crippen molar-refractivity contribution in [3.8, 4) is 0 Å². The molecule has 1 aliphatic rings. The van der Waals surface area contributed by atoms with E-state index in [-0.39, 0.29) is 11.6 Å². The fraction of sp³-hybridized carbons (Fsp3) is 0.474. The quantitative estimate of drug-likeness (QED) is 0.907. The number of para-hydroxylation sites is 1. The number of anilines is 1. The number of hydrogen-bond acceptors (Lipinski definition) is 3. The number of halogens is 1. The van der Waals surface area contributed by atoms with Gasteiger partial charge in [0.05, 0.1) is 17.9 Å². The minimum absolute atomic E-state index is 0.165. The zero-order valence-corrected chi connectivity index (χ0v) is 14.8. The number of rotatable bonds is 5. The van der Waals surface area contributed by atoms with Crippen molar-refractivity contribution in [2.75, 3.05) is 25.0 Å². The van der Waals surface area contributed by atoms with Crippen molar-refractivity contribution in [1.29, 1.82) is 0 Å². The van der Waals surface area contributed by atoms with Crippen molar-refractivity contribution in [2.24, 2.45) is 5.92 Å². The molecule has 1 aromatic carbocycles. The Balaban J connectivity index is 1.45. The van der Waals surface area contributed by atoms with Crippen LogP contribution in [-0.4, -0.2) is 40.2 Å². The molecule has 25 heavy (non-hydrogen) atoms. The van der Waals surface area contributed by atoms with Gasteiger partial charge >= 0.3 is 0 Å². The molecule has 2 heterocycles. The monoisotopic (exact) mass is 344 g/mol. The van der Waals surface area contributed by atoms with E-state index in [1.165, 1.54) is 11.8 Å². The lowest BCUT2D eigenvalue weighted by Gasteiger charge is -2.31. The average molecular weight is 344 g/mol. The number of carbonyl (C=O) groups excluding carboxylic acids is 1. The van der Waals surface area contributed by atoms with Crippen molar-refractivity contribution in [2.45, 2.75) is 33.2 Å². The smallest absolute Gasteiger partial charge is 0.238 e. The van der Waals surface area contributed by atoms with Crippen LogP contribution in [0.4, 0.5) is 10.1 Å². The normalized spacial score (nSPS) is 16.1. The van der Waals surface area contributed by atoms with E-state index in [0.717, 1.165) is 38.2 Å². The van der Waals surface area contributed by atoms with Crippen LogP contribution in [0.25, 0.3) is 0 Å². The van der Waals surface area contributed by atoms with Gasteiger partial charge in [-0.25, -0.2) is 4.39 Å². The third-order valence-corrected chi connectivity index (χ3v) is 4.76. The second-order valence-electron chi connectivity index (χ2n) is 6.86. The van der Waals surface area contributed by atoms with Gasteiger partial charge in [-0.15, -0.1) is 0 Å². The van der Waals surface area contributed by atoms with Crippen LogP contribution in [0, 0.1) is 25.6 Å². The van der Waals surface area contributed by atoms with Gasteiger partial charge in [-0.05, 0) is 63.9 Å². The van der Waals surface area contributed by atoms with E-state index in [1.807, 2.05) is 6.92 Å². The number of nitrogens with zero attached hydrogens (tertiary/aromatic N) is 3. The summed E-state index contributed by atoms with van der Waals surface area (Å²) < 4.78 is 15.7. The van der Waals surface area contributed by atoms with Crippen LogP contribution < -0.4 is 5.32 Å². The number of hydrogen-bond donors (Lipinski definition) is 1. The lowest BCUT2D eigenvalue weighted by molar-refractivity contribution is -0.117. The zero-order chi connectivity index (χ0) is 17.8. The number of benzene rings is 1. The molecule has 1 saturated heterocycles. The number of amides is 1. The molecule has 1 amide bonds. The van der Waals surface area contributed by atoms with Crippen LogP contribution in [-0.2, 0) is 11.3 Å². The lowest BCUT2D eigenvalue weighted by atomic mass is 9.97. The van der Waals surface area contributed by atoms with Gasteiger partial charge in [0.2, 0.25) is 5.91 Å². The summed E-state index contributed by atoms with van der Waals surface area (Å²) in [4.78, 5) is 14.3. The first-order valence-corrected chi connectivity index (χ1v) is 8.79. The lowest BCUT2D eigenvalue weighted by Crippen LogP contribution is -2.40. The number of nitrogens with one attached hydrogen (secondary N) is 1. The predicted molar refractivity (Wildman–Crippen MR) is 95.9 cm³/mol. The molecule has 0 unspecified atom stereocenters. The molecule has 0 atom stereocenters. The second-order valence-corrected chi connectivity index (χ2v) is 6.86. The Bertz CT molecular complexity index is 735. The topological polar surface area (TPSA) is 50.2 Å². The maximum Gasteiger partial charge on any atom is 0.238 e. The molecule has 2 aromatic rings. The summed E-state index contributed by atoms with van der Waals surface area (Å²) in [5.74, 6) is 0.0189. The summed E-state index contributed by atoms with van der Waals surface area (Å²) in [7, 11) is 0. The van der Waals surface area contributed by atoms with Gasteiger partial charge in [0.15, 0.2) is 0 Å². The summed E-state index contributed by atoms with van der Waals surface area (Å²) in [5.41, 5.74) is 2.50. The fourth-order valence-electron chi connectivity index (χ4n) is 3.39. The van der Waals surface area contributed by atoms with Crippen molar-refractivity contribution < 1.29 is 9.18 Å². The molecule has 0 bridgehead atoms. The van der Waals surface area contributed by atoms with E-state index in [0.29, 0.717) is 12.5 Å². The number of aromatic nitrogens is 2. The van der Waals surface area contributed by atoms with E-state index in [9.17, 15) is 9.18 Å². The summed E-state index contributed by atoms with van der Waals surface area (Å²) >= 11 is 0. The Kier molecular flexibility index (Phi) is 5.48. The average Bonchev–Trinajstić information content (AvgIpc) is 2.89. The minimum atomic E-state index is -0.403. The number of carbonyl (C=O) groups is 1. The first-order valence-electron chi connectivity index (χ1n) is 8.79. The summed E-state index contributed by atoms with van der Waals surface area (Å²) in [6.45, 7) is 7.11. The first-order chi connectivity index (χ1) is 12.0. The Hall–Kier alpha value is -2.21. The Morgan fingerprint density at radius 1 is 1.28 bits per heavy atom. The molecule has 1 N–H and O–H groups in total. The van der Waals surface area contributed by atoms with Gasteiger partial charge in [-0.3, -0.25) is 14.4 Å². The van der Waals surface area contributed by atoms with E-state index in [1.54, 1.807) is 18.2 Å². The highest BCUT2D eigenvalue weighted by Gasteiger charge is 2.22. The van der Waals surface area contributed by atoms with Gasteiger partial charge in [0, 0.05) is 12.2 Å². The van der Waals surface area contributed by atoms with Crippen LogP contribution in [0.2, 0.25) is 0 Å². The van der Waals surface area contributed by atoms with Gasteiger partial charge in [0.25, 0.3) is 0 Å². The summed E-state index contributed by atoms with van der Waals surface area (Å²) in [6, 6.07) is 8.35. The van der Waals surface area contributed by atoms with Crippen LogP contribution in [0.3, 0.4) is 0 Å². The van der Waals surface area contributed by atoms with E-state index < -0.39 is 5.82 Å². The maximum absolute atomic E-state index is 13.6. The first kappa shape index (κ1) is 17.6. The fourth-order valence-corrected chi connectivity index (χ4v) is 3.39. The maximum atomic E-state index is 13.6.